The minimum absolute atomic E-state index is 0.234. The van der Waals surface area contributed by atoms with Gasteiger partial charge in [-0.25, -0.2) is 8.78 Å². The molecule has 2 heterocycles. The molecule has 0 aromatic heterocycles. The Morgan fingerprint density at radius 2 is 2.07 bits per heavy atom. The van der Waals surface area contributed by atoms with E-state index in [9.17, 15) is 8.78 Å². The number of halogens is 2. The van der Waals surface area contributed by atoms with Crippen LogP contribution in [-0.2, 0) is 11.3 Å². The van der Waals surface area contributed by atoms with Crippen molar-refractivity contribution in [1.82, 2.24) is 10.3 Å². The molecule has 6 heteroatoms. The van der Waals surface area contributed by atoms with Crippen LogP contribution in [0.2, 0.25) is 0 Å². The van der Waals surface area contributed by atoms with Crippen molar-refractivity contribution in [3.8, 4) is 0 Å². The maximum atomic E-state index is 14.0. The molecule has 1 aliphatic carbocycles. The number of hydrogen-bond donors (Lipinski definition) is 1. The zero-order chi connectivity index (χ0) is 20.4. The molecule has 1 spiro atoms. The standard InChI is InChI=1S/C17H14F2N2S.C6H11N/c1-21-17(9-8-11-4-2-3-5-14(11)17)22-16(20-21)13-10-12(18)6-7-15(13)19;1-2-3-6-4-7-5-6/h2-7,10H,8-9H2,1H3;2,6-7H,1,3-5H2. The van der Waals surface area contributed by atoms with Crippen molar-refractivity contribution in [2.75, 3.05) is 20.1 Å². The molecule has 1 saturated heterocycles. The van der Waals surface area contributed by atoms with Gasteiger partial charge in [0, 0.05) is 12.6 Å². The number of hydrazone groups is 1. The predicted octanol–water partition coefficient (Wildman–Crippen LogP) is 4.89. The molecular formula is C23H25F2N3S. The Labute approximate surface area is 174 Å². The maximum absolute atomic E-state index is 14.0. The van der Waals surface area contributed by atoms with Crippen molar-refractivity contribution in [3.63, 3.8) is 0 Å². The van der Waals surface area contributed by atoms with E-state index in [0.717, 1.165) is 30.9 Å². The minimum Gasteiger partial charge on any atom is -0.316 e. The molecule has 1 atom stereocenters. The molecule has 0 bridgehead atoms. The van der Waals surface area contributed by atoms with Crippen LogP contribution in [0, 0.1) is 17.6 Å². The Kier molecular flexibility index (Phi) is 5.74. The largest absolute Gasteiger partial charge is 0.316 e. The van der Waals surface area contributed by atoms with Gasteiger partial charge in [0.25, 0.3) is 0 Å². The molecule has 5 rings (SSSR count). The van der Waals surface area contributed by atoms with Gasteiger partial charge in [0.1, 0.15) is 21.5 Å². The van der Waals surface area contributed by atoms with E-state index in [1.807, 2.05) is 30.3 Å². The summed E-state index contributed by atoms with van der Waals surface area (Å²) in [6, 6.07) is 11.8. The van der Waals surface area contributed by atoms with Gasteiger partial charge >= 0.3 is 0 Å². The summed E-state index contributed by atoms with van der Waals surface area (Å²) in [4.78, 5) is -0.301. The van der Waals surface area contributed by atoms with E-state index in [1.54, 1.807) is 0 Å². The van der Waals surface area contributed by atoms with Gasteiger partial charge in [-0.2, -0.15) is 5.10 Å². The topological polar surface area (TPSA) is 27.6 Å². The smallest absolute Gasteiger partial charge is 0.134 e. The number of fused-ring (bicyclic) bond motifs is 2. The van der Waals surface area contributed by atoms with Crippen LogP contribution in [0.15, 0.2) is 60.2 Å². The van der Waals surface area contributed by atoms with Crippen LogP contribution < -0.4 is 5.32 Å². The van der Waals surface area contributed by atoms with Gasteiger partial charge in [-0.3, -0.25) is 5.01 Å². The van der Waals surface area contributed by atoms with E-state index in [2.05, 4.69) is 29.1 Å². The van der Waals surface area contributed by atoms with Crippen LogP contribution in [0.1, 0.15) is 29.5 Å². The van der Waals surface area contributed by atoms with Gasteiger partial charge in [0.15, 0.2) is 0 Å². The molecule has 29 heavy (non-hydrogen) atoms. The van der Waals surface area contributed by atoms with Crippen molar-refractivity contribution in [3.05, 3.63) is 83.4 Å². The van der Waals surface area contributed by atoms with Gasteiger partial charge in [-0.1, -0.05) is 42.1 Å². The number of allylic oxidation sites excluding steroid dienone is 1. The summed E-state index contributed by atoms with van der Waals surface area (Å²) in [5.74, 6) is 0.0111. The number of rotatable bonds is 3. The molecule has 0 saturated carbocycles. The average molecular weight is 414 g/mol. The van der Waals surface area contributed by atoms with Gasteiger partial charge in [-0.15, -0.1) is 6.58 Å². The highest BCUT2D eigenvalue weighted by Crippen LogP contribution is 2.53. The average Bonchev–Trinajstić information content (AvgIpc) is 3.23. The van der Waals surface area contributed by atoms with Gasteiger partial charge in [0.05, 0.1) is 0 Å². The summed E-state index contributed by atoms with van der Waals surface area (Å²) in [5.41, 5.74) is 2.76. The Morgan fingerprint density at radius 1 is 1.28 bits per heavy atom. The summed E-state index contributed by atoms with van der Waals surface area (Å²) < 4.78 is 27.5. The van der Waals surface area contributed by atoms with Gasteiger partial charge in [0.2, 0.25) is 0 Å². The Morgan fingerprint density at radius 3 is 2.76 bits per heavy atom. The lowest BCUT2D eigenvalue weighted by atomic mass is 10.00. The van der Waals surface area contributed by atoms with Gasteiger partial charge in [-0.05, 0) is 67.6 Å². The SMILES string of the molecule is C=CCC1CNC1.CN1N=C(c2cc(F)ccc2F)SC12CCc1ccccc12. The molecule has 3 nitrogen and oxygen atoms in total. The van der Waals surface area contributed by atoms with E-state index < -0.39 is 11.6 Å². The van der Waals surface area contributed by atoms with Crippen LogP contribution in [0.5, 0.6) is 0 Å². The third-order valence-electron chi connectivity index (χ3n) is 5.73. The Balaban J connectivity index is 0.000000249. The minimum atomic E-state index is -0.449. The third kappa shape index (κ3) is 3.83. The first-order valence-corrected chi connectivity index (χ1v) is 10.7. The predicted molar refractivity (Wildman–Crippen MR) is 116 cm³/mol. The van der Waals surface area contributed by atoms with E-state index in [1.165, 1.54) is 48.5 Å². The molecule has 1 fully saturated rings. The van der Waals surface area contributed by atoms with Crippen molar-refractivity contribution in [2.24, 2.45) is 11.0 Å². The highest BCUT2D eigenvalue weighted by atomic mass is 32.2. The Hall–Kier alpha value is -2.18. The number of hydrogen-bond acceptors (Lipinski definition) is 4. The molecule has 152 valence electrons. The normalized spacial score (nSPS) is 22.6. The van der Waals surface area contributed by atoms with Crippen molar-refractivity contribution in [2.45, 2.75) is 24.1 Å². The fourth-order valence-corrected chi connectivity index (χ4v) is 5.42. The maximum Gasteiger partial charge on any atom is 0.134 e. The number of thioether (sulfide) groups is 1. The first-order valence-electron chi connectivity index (χ1n) is 9.90. The molecule has 0 amide bonds. The van der Waals surface area contributed by atoms with Crippen molar-refractivity contribution in [1.29, 1.82) is 0 Å². The van der Waals surface area contributed by atoms with E-state index >= 15 is 0 Å². The van der Waals surface area contributed by atoms with Crippen LogP contribution >= 0.6 is 11.8 Å². The van der Waals surface area contributed by atoms with Crippen LogP contribution in [-0.4, -0.2) is 30.2 Å². The zero-order valence-corrected chi connectivity index (χ0v) is 17.3. The number of nitrogens with zero attached hydrogens (tertiary/aromatic N) is 2. The van der Waals surface area contributed by atoms with Crippen molar-refractivity contribution < 1.29 is 8.78 Å². The molecule has 0 radical (unpaired) electrons. The molecule has 3 aliphatic rings. The number of aryl methyl sites for hydroxylation is 1. The second-order valence-corrected chi connectivity index (χ2v) is 8.91. The van der Waals surface area contributed by atoms with Gasteiger partial charge < -0.3 is 5.32 Å². The molecule has 2 aliphatic heterocycles. The van der Waals surface area contributed by atoms with E-state index in [-0.39, 0.29) is 10.4 Å². The van der Waals surface area contributed by atoms with E-state index in [4.69, 9.17) is 0 Å². The lowest BCUT2D eigenvalue weighted by Crippen LogP contribution is -2.41. The van der Waals surface area contributed by atoms with Crippen molar-refractivity contribution >= 4 is 16.8 Å². The summed E-state index contributed by atoms with van der Waals surface area (Å²) >= 11 is 1.52. The first-order chi connectivity index (χ1) is 14.0. The van der Waals surface area contributed by atoms with Crippen LogP contribution in [0.4, 0.5) is 8.78 Å². The molecule has 2 aromatic rings. The first kappa shape index (κ1) is 20.1. The highest BCUT2D eigenvalue weighted by molar-refractivity contribution is 8.15. The van der Waals surface area contributed by atoms with Crippen LogP contribution in [0.3, 0.4) is 0 Å². The summed E-state index contributed by atoms with van der Waals surface area (Å²) in [6.45, 7) is 6.06. The number of nitrogens with one attached hydrogen (secondary N) is 1. The van der Waals surface area contributed by atoms with E-state index in [0.29, 0.717) is 5.04 Å². The molecular weight excluding hydrogens is 388 g/mol. The lowest BCUT2D eigenvalue weighted by Gasteiger charge is -2.31. The number of benzene rings is 2. The second kappa shape index (κ2) is 8.28. The molecule has 1 N–H and O–H groups in total. The second-order valence-electron chi connectivity index (χ2n) is 7.65. The third-order valence-corrected chi connectivity index (χ3v) is 7.25. The fraction of sp³-hybridized carbons (Fsp3) is 0.348. The quantitative estimate of drug-likeness (QED) is 0.727. The summed E-state index contributed by atoms with van der Waals surface area (Å²) in [5, 5.41) is 10.1. The Bertz CT molecular complexity index is 941. The van der Waals surface area contributed by atoms with Crippen LogP contribution in [0.25, 0.3) is 0 Å². The lowest BCUT2D eigenvalue weighted by molar-refractivity contribution is 0.230. The fourth-order valence-electron chi connectivity index (χ4n) is 3.98. The zero-order valence-electron chi connectivity index (χ0n) is 16.5. The highest BCUT2D eigenvalue weighted by Gasteiger charge is 2.48. The monoisotopic (exact) mass is 413 g/mol. The summed E-state index contributed by atoms with van der Waals surface area (Å²) in [6.07, 6.45) is 5.07. The molecule has 1 unspecified atom stereocenters. The molecule has 2 aromatic carbocycles. The summed E-state index contributed by atoms with van der Waals surface area (Å²) in [7, 11) is 1.90.